The van der Waals surface area contributed by atoms with Gasteiger partial charge in [-0.15, -0.1) is 22.7 Å². The van der Waals surface area contributed by atoms with Gasteiger partial charge in [-0.25, -0.2) is 14.6 Å². The standard InChI is InChI=1S/C42H54F3N7O4S2/c1-29(2)39-48-35(27-57-39)25-51(3)40(54)50-37(18-21-52-19-16-32(17-20-52)42(43,44)45)38(53)47-33(22-30-10-6-4-7-11-30)14-15-34(23-31-12-8-5-9-13-31)49-41(55)56-26-36-24-46-28-58-36/h4-13,24,27-29,32-34,37H,14-23,25-26H2,1-3H3,(H,47,53)(H,49,55)(H,50,54). The van der Waals surface area contributed by atoms with Crippen LogP contribution in [0, 0.1) is 5.92 Å². The highest BCUT2D eigenvalue weighted by Gasteiger charge is 2.41. The number of alkyl carbamates (subject to hydrolysis) is 1. The Bertz CT molecular complexity index is 1840. The second kappa shape index (κ2) is 22.0. The number of aromatic nitrogens is 2. The molecule has 0 radical (unpaired) electrons. The molecule has 3 N–H and O–H groups in total. The number of alkyl halides is 3. The van der Waals surface area contributed by atoms with E-state index in [9.17, 15) is 27.6 Å². The van der Waals surface area contributed by atoms with Crippen molar-refractivity contribution in [2.45, 2.75) is 102 Å². The van der Waals surface area contributed by atoms with Crippen LogP contribution in [0.2, 0.25) is 0 Å². The lowest BCUT2D eigenvalue weighted by Gasteiger charge is -2.34. The number of piperidine rings is 1. The first kappa shape index (κ1) is 44.6. The summed E-state index contributed by atoms with van der Waals surface area (Å²) >= 11 is 2.93. The van der Waals surface area contributed by atoms with Crippen molar-refractivity contribution in [2.75, 3.05) is 26.7 Å². The summed E-state index contributed by atoms with van der Waals surface area (Å²) in [5.41, 5.74) is 4.45. The largest absolute Gasteiger partial charge is 0.444 e. The monoisotopic (exact) mass is 841 g/mol. The minimum absolute atomic E-state index is 0.00240. The number of urea groups is 1. The smallest absolute Gasteiger partial charge is 0.407 e. The Kier molecular flexibility index (Phi) is 16.9. The molecular formula is C42H54F3N7O4S2. The first-order chi connectivity index (χ1) is 27.8. The molecular weight excluding hydrogens is 788 g/mol. The minimum Gasteiger partial charge on any atom is -0.444 e. The zero-order valence-electron chi connectivity index (χ0n) is 33.2. The Morgan fingerprint density at radius 1 is 0.897 bits per heavy atom. The van der Waals surface area contributed by atoms with Crippen molar-refractivity contribution < 1.29 is 32.3 Å². The van der Waals surface area contributed by atoms with Gasteiger partial charge in [0, 0.05) is 43.2 Å². The molecule has 1 fully saturated rings. The first-order valence-corrected chi connectivity index (χ1v) is 21.5. The van der Waals surface area contributed by atoms with Gasteiger partial charge >= 0.3 is 18.3 Å². The Morgan fingerprint density at radius 2 is 1.52 bits per heavy atom. The van der Waals surface area contributed by atoms with Gasteiger partial charge in [0.15, 0.2) is 0 Å². The molecule has 4 amide bonds. The van der Waals surface area contributed by atoms with E-state index in [2.05, 4.69) is 39.8 Å². The third-order valence-electron chi connectivity index (χ3n) is 10.2. The number of carbonyl (C=O) groups is 3. The summed E-state index contributed by atoms with van der Waals surface area (Å²) in [5.74, 6) is -1.47. The molecule has 3 atom stereocenters. The topological polar surface area (TPSA) is 129 Å². The van der Waals surface area contributed by atoms with Gasteiger partial charge in [-0.2, -0.15) is 13.2 Å². The molecule has 0 saturated carbocycles. The highest BCUT2D eigenvalue weighted by Crippen LogP contribution is 2.34. The van der Waals surface area contributed by atoms with Crippen LogP contribution < -0.4 is 16.0 Å². The molecule has 314 valence electrons. The highest BCUT2D eigenvalue weighted by atomic mass is 32.1. The number of nitrogens with one attached hydrogen (secondary N) is 3. The number of ether oxygens (including phenoxy) is 1. The van der Waals surface area contributed by atoms with Crippen LogP contribution in [-0.4, -0.2) is 88.8 Å². The second-order valence-corrected chi connectivity index (χ2v) is 17.0. The molecule has 3 unspecified atom stereocenters. The molecule has 2 aromatic carbocycles. The number of rotatable bonds is 19. The first-order valence-electron chi connectivity index (χ1n) is 19.8. The van der Waals surface area contributed by atoms with Crippen LogP contribution in [0.15, 0.2) is 77.8 Å². The summed E-state index contributed by atoms with van der Waals surface area (Å²) in [7, 11) is 1.64. The molecule has 0 spiro atoms. The van der Waals surface area contributed by atoms with Crippen LogP contribution in [0.25, 0.3) is 0 Å². The summed E-state index contributed by atoms with van der Waals surface area (Å²) < 4.78 is 45.7. The van der Waals surface area contributed by atoms with Crippen LogP contribution in [0.3, 0.4) is 0 Å². The van der Waals surface area contributed by atoms with E-state index in [4.69, 9.17) is 4.74 Å². The molecule has 16 heteroatoms. The Labute approximate surface area is 346 Å². The van der Waals surface area contributed by atoms with Gasteiger partial charge in [0.25, 0.3) is 0 Å². The molecule has 5 rings (SSSR count). The van der Waals surface area contributed by atoms with Gasteiger partial charge in [0.2, 0.25) is 5.91 Å². The van der Waals surface area contributed by atoms with Gasteiger partial charge < -0.3 is 30.5 Å². The molecule has 4 aromatic rings. The fraction of sp³-hybridized carbons (Fsp3) is 0.500. The van der Waals surface area contributed by atoms with Gasteiger partial charge in [-0.1, -0.05) is 74.5 Å². The van der Waals surface area contributed by atoms with Gasteiger partial charge in [-0.05, 0) is 69.2 Å². The van der Waals surface area contributed by atoms with Crippen LogP contribution in [0.1, 0.15) is 78.6 Å². The van der Waals surface area contributed by atoms with Crippen LogP contribution in [0.4, 0.5) is 22.8 Å². The van der Waals surface area contributed by atoms with Crippen molar-refractivity contribution in [1.82, 2.24) is 35.7 Å². The van der Waals surface area contributed by atoms with Crippen molar-refractivity contribution in [3.63, 3.8) is 0 Å². The maximum absolute atomic E-state index is 14.3. The number of nitrogens with zero attached hydrogens (tertiary/aromatic N) is 4. The third kappa shape index (κ3) is 14.7. The highest BCUT2D eigenvalue weighted by molar-refractivity contribution is 7.09. The molecule has 1 aliphatic rings. The molecule has 58 heavy (non-hydrogen) atoms. The fourth-order valence-corrected chi connectivity index (χ4v) is 8.24. The molecule has 3 heterocycles. The third-order valence-corrected chi connectivity index (χ3v) is 12.2. The number of likely N-dealkylation sites (tertiary alicyclic amines) is 1. The predicted molar refractivity (Wildman–Crippen MR) is 221 cm³/mol. The molecule has 2 aromatic heterocycles. The summed E-state index contributed by atoms with van der Waals surface area (Å²) in [6.07, 6.45) is -0.905. The van der Waals surface area contributed by atoms with Gasteiger partial charge in [0.1, 0.15) is 12.6 Å². The van der Waals surface area contributed by atoms with Crippen LogP contribution in [-0.2, 0) is 35.5 Å². The summed E-state index contributed by atoms with van der Waals surface area (Å²) in [6, 6.07) is 17.4. The zero-order chi connectivity index (χ0) is 41.5. The number of hydrogen-bond acceptors (Lipinski definition) is 9. The van der Waals surface area contributed by atoms with Crippen molar-refractivity contribution in [3.8, 4) is 0 Å². The number of carbonyl (C=O) groups excluding carboxylic acids is 3. The van der Waals surface area contributed by atoms with Crippen molar-refractivity contribution >= 4 is 40.7 Å². The van der Waals surface area contributed by atoms with Crippen LogP contribution >= 0.6 is 22.7 Å². The Hall–Kier alpha value is -4.54. The second-order valence-electron chi connectivity index (χ2n) is 15.2. The van der Waals surface area contributed by atoms with E-state index in [1.54, 1.807) is 18.8 Å². The lowest BCUT2D eigenvalue weighted by atomic mass is 9.95. The van der Waals surface area contributed by atoms with Crippen LogP contribution in [0.5, 0.6) is 0 Å². The lowest BCUT2D eigenvalue weighted by Crippen LogP contribution is -2.54. The molecule has 11 nitrogen and oxygen atoms in total. The van der Waals surface area contributed by atoms with E-state index in [-0.39, 0.29) is 69.4 Å². The maximum Gasteiger partial charge on any atom is 0.407 e. The number of benzene rings is 2. The SMILES string of the molecule is CC(C)c1nc(CN(C)C(=O)NC(CCN2CCC(C(F)(F)F)CC2)C(=O)NC(CCC(Cc2ccccc2)NC(=O)OCc2cncs2)Cc2ccccc2)cs1. The fourth-order valence-electron chi connectivity index (χ4n) is 6.91. The Morgan fingerprint density at radius 3 is 2.07 bits per heavy atom. The van der Waals surface area contributed by atoms with E-state index in [1.807, 2.05) is 70.9 Å². The number of halogens is 3. The quantitative estimate of drug-likeness (QED) is 0.0875. The van der Waals surface area contributed by atoms with Crippen molar-refractivity contribution in [3.05, 3.63) is 104 Å². The number of amides is 4. The lowest BCUT2D eigenvalue weighted by molar-refractivity contribution is -0.185. The normalized spacial score (nSPS) is 15.4. The average Bonchev–Trinajstić information content (AvgIpc) is 3.91. The molecule has 1 aliphatic heterocycles. The van der Waals surface area contributed by atoms with E-state index in [1.165, 1.54) is 27.6 Å². The summed E-state index contributed by atoms with van der Waals surface area (Å²) in [4.78, 5) is 53.8. The minimum atomic E-state index is -4.23. The van der Waals surface area contributed by atoms with E-state index in [0.29, 0.717) is 32.2 Å². The van der Waals surface area contributed by atoms with Crippen molar-refractivity contribution in [2.24, 2.45) is 5.92 Å². The number of hydrogen-bond donors (Lipinski definition) is 3. The van der Waals surface area contributed by atoms with E-state index < -0.39 is 30.3 Å². The average molecular weight is 842 g/mol. The molecule has 0 bridgehead atoms. The van der Waals surface area contributed by atoms with Gasteiger partial charge in [-0.3, -0.25) is 9.78 Å². The maximum atomic E-state index is 14.3. The van der Waals surface area contributed by atoms with E-state index >= 15 is 0 Å². The summed E-state index contributed by atoms with van der Waals surface area (Å²) in [6.45, 7) is 5.31. The predicted octanol–water partition coefficient (Wildman–Crippen LogP) is 7.94. The molecule has 0 aliphatic carbocycles. The summed E-state index contributed by atoms with van der Waals surface area (Å²) in [5, 5.41) is 12.0. The Balaban J connectivity index is 1.29. The van der Waals surface area contributed by atoms with Gasteiger partial charge in [0.05, 0.1) is 33.6 Å². The molecule has 1 saturated heterocycles. The zero-order valence-corrected chi connectivity index (χ0v) is 34.9. The van der Waals surface area contributed by atoms with E-state index in [0.717, 1.165) is 26.7 Å². The van der Waals surface area contributed by atoms with Crippen molar-refractivity contribution in [1.29, 1.82) is 0 Å². The number of thiazole rings is 2.